The van der Waals surface area contributed by atoms with Crippen LogP contribution in [0.2, 0.25) is 0 Å². The molecular formula is C25H29N3O3. The summed E-state index contributed by atoms with van der Waals surface area (Å²) >= 11 is 0. The number of ether oxygens (including phenoxy) is 1. The summed E-state index contributed by atoms with van der Waals surface area (Å²) in [5.41, 5.74) is 8.32. The molecule has 6 heteroatoms. The maximum atomic E-state index is 11.2. The number of nitrogens with one attached hydrogen (secondary N) is 1. The molecule has 0 unspecified atom stereocenters. The Bertz CT molecular complexity index is 1060. The molecule has 1 amide bonds. The molecule has 2 aromatic carbocycles. The number of amides is 1. The number of aromatic nitrogens is 1. The Morgan fingerprint density at radius 1 is 1.10 bits per heavy atom. The van der Waals surface area contributed by atoms with E-state index in [1.807, 2.05) is 0 Å². The normalized spacial score (nSPS) is 26.1. The molecule has 5 rings (SSSR count). The highest BCUT2D eigenvalue weighted by Crippen LogP contribution is 2.38. The van der Waals surface area contributed by atoms with Crippen molar-refractivity contribution in [1.29, 1.82) is 0 Å². The van der Waals surface area contributed by atoms with Gasteiger partial charge < -0.3 is 25.5 Å². The van der Waals surface area contributed by atoms with Crippen molar-refractivity contribution in [1.82, 2.24) is 9.88 Å². The number of hydrogen-bond donors (Lipinski definition) is 3. The first-order valence-electron chi connectivity index (χ1n) is 11.1. The number of benzene rings is 2. The van der Waals surface area contributed by atoms with Gasteiger partial charge in [-0.15, -0.1) is 0 Å². The number of rotatable bonds is 6. The van der Waals surface area contributed by atoms with Crippen LogP contribution >= 0.6 is 0 Å². The first kappa shape index (κ1) is 20.1. The Morgan fingerprint density at radius 2 is 1.84 bits per heavy atom. The van der Waals surface area contributed by atoms with Crippen LogP contribution in [0.15, 0.2) is 54.7 Å². The van der Waals surface area contributed by atoms with Crippen LogP contribution in [0.5, 0.6) is 5.75 Å². The van der Waals surface area contributed by atoms with Gasteiger partial charge in [-0.2, -0.15) is 0 Å². The van der Waals surface area contributed by atoms with Crippen molar-refractivity contribution in [3.8, 4) is 5.75 Å². The number of likely N-dealkylation sites (tertiary alicyclic amines) is 1. The molecule has 162 valence electrons. The van der Waals surface area contributed by atoms with E-state index in [4.69, 9.17) is 10.5 Å². The number of hydrogen-bond acceptors (Lipinski definition) is 4. The second-order valence-corrected chi connectivity index (χ2v) is 8.97. The number of nitrogens with two attached hydrogens (primary N) is 1. The van der Waals surface area contributed by atoms with Crippen LogP contribution in [-0.2, 0) is 6.42 Å². The largest absolute Gasteiger partial charge is 0.488 e. The van der Waals surface area contributed by atoms with Gasteiger partial charge in [0.2, 0.25) is 5.91 Å². The number of fused-ring (bicyclic) bond motifs is 2. The minimum absolute atomic E-state index is 0.214. The highest BCUT2D eigenvalue weighted by atomic mass is 16.5. The second-order valence-electron chi connectivity index (χ2n) is 8.97. The molecule has 4 atom stereocenters. The number of carbonyl (C=O) groups is 1. The highest BCUT2D eigenvalue weighted by Gasteiger charge is 2.42. The van der Waals surface area contributed by atoms with Gasteiger partial charge in [-0.25, -0.2) is 0 Å². The lowest BCUT2D eigenvalue weighted by Crippen LogP contribution is -2.42. The molecule has 6 nitrogen and oxygen atoms in total. The molecule has 1 aromatic heterocycles. The van der Waals surface area contributed by atoms with Crippen molar-refractivity contribution >= 4 is 16.8 Å². The fourth-order valence-corrected chi connectivity index (χ4v) is 5.29. The van der Waals surface area contributed by atoms with E-state index >= 15 is 0 Å². The summed E-state index contributed by atoms with van der Waals surface area (Å²) in [5, 5.41) is 12.0. The fraction of sp³-hybridized carbons (Fsp3) is 0.400. The summed E-state index contributed by atoms with van der Waals surface area (Å²) in [6.45, 7) is 3.13. The highest BCUT2D eigenvalue weighted by molar-refractivity contribution is 5.92. The maximum Gasteiger partial charge on any atom is 0.248 e. The zero-order chi connectivity index (χ0) is 21.4. The molecule has 2 aliphatic rings. The predicted octanol–water partition coefficient (Wildman–Crippen LogP) is 2.96. The lowest BCUT2D eigenvalue weighted by Gasteiger charge is -2.35. The Hall–Kier alpha value is -2.83. The SMILES string of the molecule is NC(=O)c1ccc(O[C@@H]2C[C@@H]3CN(CCc4c[nH]c5ccccc45)C[C@@H]3C[C@H]2O)cc1. The van der Waals surface area contributed by atoms with Gasteiger partial charge in [0.15, 0.2) is 0 Å². The van der Waals surface area contributed by atoms with Gasteiger partial charge in [-0.3, -0.25) is 4.79 Å². The molecular weight excluding hydrogens is 390 g/mol. The average Bonchev–Trinajstić information content (AvgIpc) is 3.36. The summed E-state index contributed by atoms with van der Waals surface area (Å²) in [6.07, 6.45) is 4.11. The molecule has 3 aromatic rings. The van der Waals surface area contributed by atoms with Crippen LogP contribution < -0.4 is 10.5 Å². The van der Waals surface area contributed by atoms with Crippen LogP contribution in [0.25, 0.3) is 10.9 Å². The summed E-state index contributed by atoms with van der Waals surface area (Å²) in [7, 11) is 0. The minimum Gasteiger partial charge on any atom is -0.488 e. The molecule has 1 saturated heterocycles. The molecule has 0 bridgehead atoms. The number of primary amides is 1. The first-order valence-corrected chi connectivity index (χ1v) is 11.1. The van der Waals surface area contributed by atoms with Crippen molar-refractivity contribution in [2.75, 3.05) is 19.6 Å². The Labute approximate surface area is 182 Å². The molecule has 0 radical (unpaired) electrons. The molecule has 4 N–H and O–H groups in total. The standard InChI is InChI=1S/C25H29N3O3/c26-25(30)16-5-7-20(8-6-16)31-24-12-19-15-28(14-18(19)11-23(24)29)10-9-17-13-27-22-4-2-1-3-21(17)22/h1-8,13,18-19,23-24,27,29H,9-12,14-15H2,(H2,26,30)/t18-,19+,23+,24+/m0/s1. The van der Waals surface area contributed by atoms with Gasteiger partial charge in [0.25, 0.3) is 0 Å². The Balaban J connectivity index is 1.18. The van der Waals surface area contributed by atoms with Gasteiger partial charge in [0.05, 0.1) is 6.10 Å². The monoisotopic (exact) mass is 419 g/mol. The van der Waals surface area contributed by atoms with Crippen LogP contribution in [-0.4, -0.2) is 52.7 Å². The third-order valence-corrected chi connectivity index (χ3v) is 6.96. The Kier molecular flexibility index (Phi) is 5.42. The van der Waals surface area contributed by atoms with Crippen molar-refractivity contribution < 1.29 is 14.6 Å². The van der Waals surface area contributed by atoms with E-state index in [2.05, 4.69) is 40.3 Å². The number of H-pyrrole nitrogens is 1. The molecule has 1 saturated carbocycles. The molecule has 1 aliphatic heterocycles. The number of aliphatic hydroxyl groups excluding tert-OH is 1. The summed E-state index contributed by atoms with van der Waals surface area (Å²) < 4.78 is 6.09. The summed E-state index contributed by atoms with van der Waals surface area (Å²) in [4.78, 5) is 17.1. The average molecular weight is 420 g/mol. The minimum atomic E-state index is -0.467. The zero-order valence-electron chi connectivity index (χ0n) is 17.5. The number of nitrogens with zero attached hydrogens (tertiary/aromatic N) is 1. The lowest BCUT2D eigenvalue weighted by atomic mass is 9.78. The molecule has 0 spiro atoms. The van der Waals surface area contributed by atoms with E-state index in [0.29, 0.717) is 23.1 Å². The van der Waals surface area contributed by atoms with Crippen LogP contribution in [0, 0.1) is 11.8 Å². The molecule has 31 heavy (non-hydrogen) atoms. The van der Waals surface area contributed by atoms with Crippen LogP contribution in [0.3, 0.4) is 0 Å². The van der Waals surface area contributed by atoms with Crippen molar-refractivity contribution in [3.63, 3.8) is 0 Å². The smallest absolute Gasteiger partial charge is 0.248 e. The van der Waals surface area contributed by atoms with Crippen LogP contribution in [0.1, 0.15) is 28.8 Å². The fourth-order valence-electron chi connectivity index (χ4n) is 5.29. The van der Waals surface area contributed by atoms with E-state index < -0.39 is 12.0 Å². The summed E-state index contributed by atoms with van der Waals surface area (Å²) in [6, 6.07) is 15.3. The van der Waals surface area contributed by atoms with E-state index in [9.17, 15) is 9.90 Å². The van der Waals surface area contributed by atoms with E-state index in [-0.39, 0.29) is 6.10 Å². The maximum absolute atomic E-state index is 11.2. The third kappa shape index (κ3) is 4.18. The van der Waals surface area contributed by atoms with E-state index in [1.165, 1.54) is 16.5 Å². The van der Waals surface area contributed by atoms with Gasteiger partial charge in [-0.05, 0) is 67.0 Å². The Morgan fingerprint density at radius 3 is 2.61 bits per heavy atom. The molecule has 2 heterocycles. The number of para-hydroxylation sites is 1. The number of aliphatic hydroxyl groups is 1. The van der Waals surface area contributed by atoms with Gasteiger partial charge in [-0.1, -0.05) is 18.2 Å². The van der Waals surface area contributed by atoms with Gasteiger partial charge >= 0.3 is 0 Å². The van der Waals surface area contributed by atoms with E-state index in [0.717, 1.165) is 38.9 Å². The molecule has 1 aliphatic carbocycles. The van der Waals surface area contributed by atoms with Gasteiger partial charge in [0.1, 0.15) is 11.9 Å². The summed E-state index contributed by atoms with van der Waals surface area (Å²) in [5.74, 6) is 1.28. The number of carbonyl (C=O) groups excluding carboxylic acids is 1. The topological polar surface area (TPSA) is 91.6 Å². The van der Waals surface area contributed by atoms with Crippen molar-refractivity contribution in [2.45, 2.75) is 31.5 Å². The first-order chi connectivity index (χ1) is 15.1. The van der Waals surface area contributed by atoms with Crippen LogP contribution in [0.4, 0.5) is 0 Å². The van der Waals surface area contributed by atoms with Gasteiger partial charge in [0, 0.05) is 42.3 Å². The number of aromatic amines is 1. The third-order valence-electron chi connectivity index (χ3n) is 6.96. The quantitative estimate of drug-likeness (QED) is 0.573. The van der Waals surface area contributed by atoms with E-state index in [1.54, 1.807) is 24.3 Å². The molecule has 2 fully saturated rings. The lowest BCUT2D eigenvalue weighted by molar-refractivity contribution is -0.0231. The zero-order valence-corrected chi connectivity index (χ0v) is 17.5. The second kappa shape index (κ2) is 8.36. The van der Waals surface area contributed by atoms with Crippen molar-refractivity contribution in [3.05, 3.63) is 65.9 Å². The van der Waals surface area contributed by atoms with Crippen molar-refractivity contribution in [2.24, 2.45) is 17.6 Å². The predicted molar refractivity (Wildman–Crippen MR) is 120 cm³/mol.